The maximum atomic E-state index is 6.52. The summed E-state index contributed by atoms with van der Waals surface area (Å²) in [4.78, 5) is 2.59. The Morgan fingerprint density at radius 3 is 2.26 bits per heavy atom. The van der Waals surface area contributed by atoms with Crippen LogP contribution < -0.4 is 0 Å². The molecule has 1 heterocycles. The lowest BCUT2D eigenvalue weighted by Crippen LogP contribution is -2.51. The van der Waals surface area contributed by atoms with Gasteiger partial charge in [-0.1, -0.05) is 135 Å². The molecule has 0 spiro atoms. The first-order chi connectivity index (χ1) is 30.2. The molecule has 5 nitrogen and oxygen atoms in total. The van der Waals surface area contributed by atoms with Crippen LogP contribution in [0.2, 0.25) is 0 Å². The van der Waals surface area contributed by atoms with Gasteiger partial charge in [-0.15, -0.1) is 0 Å². The molecule has 1 aliphatic heterocycles. The van der Waals surface area contributed by atoms with E-state index in [0.29, 0.717) is 56.0 Å². The minimum absolute atomic E-state index is 0.107. The summed E-state index contributed by atoms with van der Waals surface area (Å²) >= 11 is 0. The average molecular weight is 864 g/mol. The minimum atomic E-state index is 0.107. The van der Waals surface area contributed by atoms with Crippen molar-refractivity contribution in [1.82, 2.24) is 4.90 Å². The Hall–Kier alpha value is -0.980. The van der Waals surface area contributed by atoms with Crippen molar-refractivity contribution in [3.05, 3.63) is 36.0 Å². The van der Waals surface area contributed by atoms with Gasteiger partial charge in [-0.3, -0.25) is 4.90 Å². The Kier molecular flexibility index (Phi) is 23.7. The summed E-state index contributed by atoms with van der Waals surface area (Å²) in [7, 11) is 0. The van der Waals surface area contributed by atoms with Gasteiger partial charge < -0.3 is 18.9 Å². The second-order valence-corrected chi connectivity index (χ2v) is 22.3. The molecule has 5 rings (SSSR count). The van der Waals surface area contributed by atoms with Crippen LogP contribution in [-0.2, 0) is 18.9 Å². The van der Waals surface area contributed by atoms with Gasteiger partial charge >= 0.3 is 0 Å². The number of hydrogen-bond donors (Lipinski definition) is 0. The lowest BCUT2D eigenvalue weighted by Gasteiger charge is -2.58. The number of hydrogen-bond acceptors (Lipinski definition) is 5. The average Bonchev–Trinajstić information content (AvgIpc) is 3.83. The number of rotatable bonds is 32. The van der Waals surface area contributed by atoms with Crippen LogP contribution in [0, 0.1) is 46.3 Å². The van der Waals surface area contributed by atoms with Crippen molar-refractivity contribution >= 4 is 0 Å². The predicted octanol–water partition coefficient (Wildman–Crippen LogP) is 15.1. The molecular formula is C57H101NO4. The number of ether oxygens (including phenoxy) is 4. The first kappa shape index (κ1) is 52.0. The third-order valence-corrected chi connectivity index (χ3v) is 17.3. The SMILES string of the molecule is CCCCC/C=C\C/C=C\CCCCCCCCOCC(CN1CCC[C@H]1C)OCCOCCO[C@H]1CC[C@@]2(C)C(=CCC3C2CC[C@@]2(C)C3CC[C@@H]2[C@H](C)CCCC(C)C)C1. The van der Waals surface area contributed by atoms with E-state index in [2.05, 4.69) is 83.7 Å². The first-order valence-electron chi connectivity index (χ1n) is 27.3. The number of nitrogens with zero attached hydrogens (tertiary/aromatic N) is 1. The summed E-state index contributed by atoms with van der Waals surface area (Å²) < 4.78 is 25.2. The van der Waals surface area contributed by atoms with Crippen molar-refractivity contribution in [3.63, 3.8) is 0 Å². The zero-order chi connectivity index (χ0) is 44.0. The third-order valence-electron chi connectivity index (χ3n) is 17.3. The molecule has 0 radical (unpaired) electrons. The van der Waals surface area contributed by atoms with E-state index >= 15 is 0 Å². The van der Waals surface area contributed by atoms with Crippen molar-refractivity contribution in [2.45, 2.75) is 227 Å². The standard InChI is InChI=1S/C57H101NO4/c1-8-9-10-11-12-13-14-15-16-17-18-19-20-21-22-23-38-60-45-51(44-58-37-25-28-48(58)5)62-42-40-59-39-41-61-50-33-35-56(6)49(43-50)29-30-52-54-32-31-53(47(4)27-24-26-46(2)3)57(54,7)36-34-55(52)56/h12-13,15-16,29,46-48,50-55H,8-11,14,17-28,30-45H2,1-7H3/b13-12-,16-15-/t47-,48-,50+,51?,52?,53-,54?,55?,56+,57-/m1/s1. The van der Waals surface area contributed by atoms with E-state index in [1.165, 1.54) is 148 Å². The van der Waals surface area contributed by atoms with Gasteiger partial charge in [0.1, 0.15) is 0 Å². The second-order valence-electron chi connectivity index (χ2n) is 22.3. The van der Waals surface area contributed by atoms with E-state index in [1.54, 1.807) is 5.57 Å². The molecule has 1 saturated heterocycles. The van der Waals surface area contributed by atoms with Crippen LogP contribution in [-0.4, -0.2) is 75.9 Å². The highest BCUT2D eigenvalue weighted by Gasteiger charge is 2.59. The summed E-state index contributed by atoms with van der Waals surface area (Å²) in [6.07, 6.45) is 45.5. The Labute approximate surface area is 384 Å². The van der Waals surface area contributed by atoms with Gasteiger partial charge in [0.2, 0.25) is 0 Å². The number of unbranched alkanes of at least 4 members (excludes halogenated alkanes) is 9. The van der Waals surface area contributed by atoms with Gasteiger partial charge in [0.25, 0.3) is 0 Å². The summed E-state index contributed by atoms with van der Waals surface area (Å²) in [5.41, 5.74) is 2.68. The fraction of sp³-hybridized carbons (Fsp3) is 0.895. The lowest BCUT2D eigenvalue weighted by atomic mass is 9.47. The molecule has 5 heteroatoms. The van der Waals surface area contributed by atoms with Crippen LogP contribution >= 0.6 is 0 Å². The van der Waals surface area contributed by atoms with Gasteiger partial charge in [-0.05, 0) is 163 Å². The summed E-state index contributed by atoms with van der Waals surface area (Å²) in [6, 6.07) is 0.641. The number of allylic oxidation sites excluding steroid dienone is 5. The van der Waals surface area contributed by atoms with Crippen LogP contribution in [0.4, 0.5) is 0 Å². The van der Waals surface area contributed by atoms with Crippen molar-refractivity contribution in [2.75, 3.05) is 52.7 Å². The first-order valence-corrected chi connectivity index (χ1v) is 27.3. The molecule has 4 unspecified atom stereocenters. The molecule has 3 saturated carbocycles. The molecule has 4 aliphatic carbocycles. The highest BCUT2D eigenvalue weighted by atomic mass is 16.6. The quantitative estimate of drug-likeness (QED) is 0.0498. The molecule has 0 aromatic rings. The highest BCUT2D eigenvalue weighted by Crippen LogP contribution is 2.67. The van der Waals surface area contributed by atoms with Crippen molar-refractivity contribution < 1.29 is 18.9 Å². The molecule has 0 aromatic heterocycles. The van der Waals surface area contributed by atoms with E-state index in [0.717, 1.165) is 67.9 Å². The zero-order valence-electron chi connectivity index (χ0n) is 42.0. The van der Waals surface area contributed by atoms with E-state index in [4.69, 9.17) is 18.9 Å². The molecule has 62 heavy (non-hydrogen) atoms. The fourth-order valence-electron chi connectivity index (χ4n) is 13.5. The highest BCUT2D eigenvalue weighted by molar-refractivity contribution is 5.25. The maximum absolute atomic E-state index is 6.52. The summed E-state index contributed by atoms with van der Waals surface area (Å²) in [6.45, 7) is 23.6. The Morgan fingerprint density at radius 1 is 0.742 bits per heavy atom. The summed E-state index contributed by atoms with van der Waals surface area (Å²) in [5.74, 6) is 5.36. The van der Waals surface area contributed by atoms with Crippen LogP contribution in [0.1, 0.15) is 209 Å². The van der Waals surface area contributed by atoms with Crippen LogP contribution in [0.5, 0.6) is 0 Å². The fourth-order valence-corrected chi connectivity index (χ4v) is 13.5. The van der Waals surface area contributed by atoms with Gasteiger partial charge in [0.05, 0.1) is 45.2 Å². The van der Waals surface area contributed by atoms with Crippen LogP contribution in [0.3, 0.4) is 0 Å². The van der Waals surface area contributed by atoms with Gasteiger partial charge in [-0.25, -0.2) is 0 Å². The monoisotopic (exact) mass is 864 g/mol. The van der Waals surface area contributed by atoms with Crippen LogP contribution in [0.25, 0.3) is 0 Å². The predicted molar refractivity (Wildman–Crippen MR) is 264 cm³/mol. The van der Waals surface area contributed by atoms with Gasteiger partial charge in [-0.2, -0.15) is 0 Å². The van der Waals surface area contributed by atoms with E-state index in [9.17, 15) is 0 Å². The molecule has 358 valence electrons. The topological polar surface area (TPSA) is 40.2 Å². The van der Waals surface area contributed by atoms with Crippen molar-refractivity contribution in [1.29, 1.82) is 0 Å². The van der Waals surface area contributed by atoms with Crippen LogP contribution in [0.15, 0.2) is 36.0 Å². The molecule has 5 aliphatic rings. The Bertz CT molecular complexity index is 1290. The van der Waals surface area contributed by atoms with Crippen molar-refractivity contribution in [2.24, 2.45) is 46.3 Å². The number of likely N-dealkylation sites (tertiary alicyclic amines) is 1. The van der Waals surface area contributed by atoms with Gasteiger partial charge in [0.15, 0.2) is 0 Å². The van der Waals surface area contributed by atoms with Crippen molar-refractivity contribution in [3.8, 4) is 0 Å². The van der Waals surface area contributed by atoms with E-state index in [-0.39, 0.29) is 6.10 Å². The van der Waals surface area contributed by atoms with Gasteiger partial charge in [0, 0.05) is 19.2 Å². The third kappa shape index (κ3) is 16.1. The molecular weight excluding hydrogens is 763 g/mol. The largest absolute Gasteiger partial charge is 0.379 e. The Morgan fingerprint density at radius 2 is 1.50 bits per heavy atom. The molecule has 0 bridgehead atoms. The second kappa shape index (κ2) is 28.3. The maximum Gasteiger partial charge on any atom is 0.0936 e. The molecule has 0 aromatic carbocycles. The smallest absolute Gasteiger partial charge is 0.0936 e. The molecule has 0 amide bonds. The molecule has 4 fully saturated rings. The summed E-state index contributed by atoms with van der Waals surface area (Å²) in [5, 5.41) is 0. The normalized spacial score (nSPS) is 31.2. The molecule has 0 N–H and O–H groups in total. The number of fused-ring (bicyclic) bond motifs is 5. The Balaban J connectivity index is 0.914. The van der Waals surface area contributed by atoms with E-state index < -0.39 is 0 Å². The van der Waals surface area contributed by atoms with E-state index in [1.807, 2.05) is 0 Å². The zero-order valence-corrected chi connectivity index (χ0v) is 42.0. The minimum Gasteiger partial charge on any atom is -0.379 e. The lowest BCUT2D eigenvalue weighted by molar-refractivity contribution is -0.0736. The molecule has 10 atom stereocenters.